The van der Waals surface area contributed by atoms with Crippen molar-refractivity contribution in [2.24, 2.45) is 0 Å². The summed E-state index contributed by atoms with van der Waals surface area (Å²) in [5.41, 5.74) is 4.49. The summed E-state index contributed by atoms with van der Waals surface area (Å²) in [6.07, 6.45) is 1.83. The zero-order valence-electron chi connectivity index (χ0n) is 17.0. The Kier molecular flexibility index (Phi) is 5.13. The molecule has 1 aliphatic carbocycles. The molecule has 0 atom stereocenters. The zero-order valence-corrected chi connectivity index (χ0v) is 18.6. The average Bonchev–Trinajstić information content (AvgIpc) is 3.14. The van der Waals surface area contributed by atoms with E-state index in [0.29, 0.717) is 17.5 Å². The Labute approximate surface area is 183 Å². The van der Waals surface area contributed by atoms with Crippen LogP contribution in [0.25, 0.3) is 26.3 Å². The highest BCUT2D eigenvalue weighted by atomic mass is 32.2. The van der Waals surface area contributed by atoms with Gasteiger partial charge in [0.25, 0.3) is 5.56 Å². The van der Waals surface area contributed by atoms with E-state index in [4.69, 9.17) is 9.72 Å². The van der Waals surface area contributed by atoms with Gasteiger partial charge >= 0.3 is 0 Å². The molecule has 0 aliphatic heterocycles. The maximum Gasteiger partial charge on any atom is 0.267 e. The molecule has 0 bridgehead atoms. The summed E-state index contributed by atoms with van der Waals surface area (Å²) in [6.45, 7) is 4.58. The number of ether oxygens (including phenoxy) is 1. The lowest BCUT2D eigenvalue weighted by Gasteiger charge is -2.17. The van der Waals surface area contributed by atoms with Gasteiger partial charge in [0.1, 0.15) is 10.6 Å². The fourth-order valence-electron chi connectivity index (χ4n) is 4.12. The van der Waals surface area contributed by atoms with Gasteiger partial charge in [-0.3, -0.25) is 9.36 Å². The average molecular weight is 435 g/mol. The Hall–Kier alpha value is -2.57. The normalized spacial score (nSPS) is 12.6. The first kappa shape index (κ1) is 19.4. The number of hydrogen-bond acceptors (Lipinski definition) is 5. The highest BCUT2D eigenvalue weighted by Gasteiger charge is 2.26. The number of fused-ring (bicyclic) bond motifs is 5. The quantitative estimate of drug-likeness (QED) is 0.297. The standard InChI is InChI=1S/C24H22N2O2S2/c1-3-28-19-12-8-7-11-18(19)26-23(27)20-17-14-13-15-9-5-6-10-16(15)21(17)30-22(20)25-24(26)29-4-2/h5-12H,3-4,13-14H2,1-2H3. The largest absolute Gasteiger partial charge is 0.492 e. The molecule has 0 saturated carbocycles. The number of rotatable bonds is 5. The topological polar surface area (TPSA) is 44.1 Å². The molecule has 0 spiro atoms. The molecule has 30 heavy (non-hydrogen) atoms. The molecule has 5 rings (SSSR count). The van der Waals surface area contributed by atoms with Crippen molar-refractivity contribution in [3.8, 4) is 21.9 Å². The smallest absolute Gasteiger partial charge is 0.267 e. The van der Waals surface area contributed by atoms with Crippen LogP contribution < -0.4 is 10.3 Å². The number of nitrogens with zero attached hydrogens (tertiary/aromatic N) is 2. The molecule has 152 valence electrons. The van der Waals surface area contributed by atoms with Gasteiger partial charge in [-0.25, -0.2) is 4.98 Å². The fourth-order valence-corrected chi connectivity index (χ4v) is 6.18. The third kappa shape index (κ3) is 3.06. The van der Waals surface area contributed by atoms with Crippen LogP contribution in [0.1, 0.15) is 25.0 Å². The van der Waals surface area contributed by atoms with E-state index in [-0.39, 0.29) is 5.56 Å². The lowest BCUT2D eigenvalue weighted by molar-refractivity contribution is 0.338. The van der Waals surface area contributed by atoms with Crippen molar-refractivity contribution in [1.82, 2.24) is 9.55 Å². The van der Waals surface area contributed by atoms with E-state index in [9.17, 15) is 4.79 Å². The van der Waals surface area contributed by atoms with Gasteiger partial charge in [-0.2, -0.15) is 0 Å². The first-order chi connectivity index (χ1) is 14.7. The van der Waals surface area contributed by atoms with E-state index >= 15 is 0 Å². The number of aryl methyl sites for hydroxylation is 2. The minimum atomic E-state index is -0.0000146. The Balaban J connectivity index is 1.82. The second-order valence-electron chi connectivity index (χ2n) is 7.12. The van der Waals surface area contributed by atoms with Gasteiger partial charge in [0.15, 0.2) is 5.16 Å². The maximum atomic E-state index is 13.9. The van der Waals surface area contributed by atoms with Crippen LogP contribution in [0.15, 0.2) is 58.5 Å². The molecule has 0 unspecified atom stereocenters. The van der Waals surface area contributed by atoms with Gasteiger partial charge in [-0.15, -0.1) is 11.3 Å². The van der Waals surface area contributed by atoms with E-state index < -0.39 is 0 Å². The number of thioether (sulfide) groups is 1. The van der Waals surface area contributed by atoms with Crippen LogP contribution in [0.3, 0.4) is 0 Å². The van der Waals surface area contributed by atoms with Gasteiger partial charge < -0.3 is 4.74 Å². The first-order valence-electron chi connectivity index (χ1n) is 10.2. The van der Waals surface area contributed by atoms with Crippen molar-refractivity contribution in [2.45, 2.75) is 31.8 Å². The lowest BCUT2D eigenvalue weighted by atomic mass is 9.90. The predicted octanol–water partition coefficient (Wildman–Crippen LogP) is 5.72. The molecular weight excluding hydrogens is 412 g/mol. The molecule has 2 aromatic carbocycles. The molecule has 2 aromatic heterocycles. The van der Waals surface area contributed by atoms with Gasteiger partial charge in [0, 0.05) is 4.88 Å². The second-order valence-corrected chi connectivity index (χ2v) is 9.35. The highest BCUT2D eigenvalue weighted by molar-refractivity contribution is 7.99. The third-order valence-electron chi connectivity index (χ3n) is 5.38. The van der Waals surface area contributed by atoms with E-state index in [0.717, 1.165) is 40.1 Å². The second kappa shape index (κ2) is 7.93. The number of aromatic nitrogens is 2. The van der Waals surface area contributed by atoms with Crippen LogP contribution in [0.2, 0.25) is 0 Å². The number of benzene rings is 2. The molecule has 0 radical (unpaired) electrons. The Bertz CT molecular complexity index is 1310. The van der Waals surface area contributed by atoms with Gasteiger partial charge in [0.05, 0.1) is 17.7 Å². The van der Waals surface area contributed by atoms with Crippen molar-refractivity contribution >= 4 is 33.3 Å². The Morgan fingerprint density at radius 3 is 2.73 bits per heavy atom. The Morgan fingerprint density at radius 1 is 1.10 bits per heavy atom. The van der Waals surface area contributed by atoms with Gasteiger partial charge in [0.2, 0.25) is 0 Å². The summed E-state index contributed by atoms with van der Waals surface area (Å²) in [7, 11) is 0. The molecular formula is C24H22N2O2S2. The van der Waals surface area contributed by atoms with Crippen LogP contribution >= 0.6 is 23.1 Å². The SMILES string of the molecule is CCOc1ccccc1-n1c(SCC)nc2sc3c(c2c1=O)CCc1ccccc1-3. The fraction of sp³-hybridized carbons (Fsp3) is 0.250. The molecule has 4 nitrogen and oxygen atoms in total. The summed E-state index contributed by atoms with van der Waals surface area (Å²) in [5.74, 6) is 1.54. The van der Waals surface area contributed by atoms with Crippen LogP contribution in [0, 0.1) is 0 Å². The monoisotopic (exact) mass is 434 g/mol. The van der Waals surface area contributed by atoms with Gasteiger partial charge in [-0.05, 0) is 54.3 Å². The molecule has 0 amide bonds. The number of para-hydroxylation sites is 2. The molecule has 0 saturated heterocycles. The molecule has 0 N–H and O–H groups in total. The van der Waals surface area contributed by atoms with Crippen molar-refractivity contribution in [3.63, 3.8) is 0 Å². The van der Waals surface area contributed by atoms with Crippen molar-refractivity contribution < 1.29 is 4.74 Å². The summed E-state index contributed by atoms with van der Waals surface area (Å²) in [5, 5.41) is 1.48. The summed E-state index contributed by atoms with van der Waals surface area (Å²) in [6, 6.07) is 16.2. The minimum Gasteiger partial charge on any atom is -0.492 e. The van der Waals surface area contributed by atoms with Crippen molar-refractivity contribution in [1.29, 1.82) is 0 Å². The molecule has 4 aromatic rings. The molecule has 6 heteroatoms. The Morgan fingerprint density at radius 2 is 1.90 bits per heavy atom. The van der Waals surface area contributed by atoms with Gasteiger partial charge in [-0.1, -0.05) is 55.1 Å². The summed E-state index contributed by atoms with van der Waals surface area (Å²) >= 11 is 3.23. The van der Waals surface area contributed by atoms with Crippen LogP contribution in [-0.2, 0) is 12.8 Å². The highest BCUT2D eigenvalue weighted by Crippen LogP contribution is 2.43. The summed E-state index contributed by atoms with van der Waals surface area (Å²) < 4.78 is 7.58. The number of hydrogen-bond donors (Lipinski definition) is 0. The third-order valence-corrected chi connectivity index (χ3v) is 7.36. The van der Waals surface area contributed by atoms with Crippen molar-refractivity contribution in [2.75, 3.05) is 12.4 Å². The molecule has 0 fully saturated rings. The predicted molar refractivity (Wildman–Crippen MR) is 126 cm³/mol. The van der Waals surface area contributed by atoms with Crippen LogP contribution in [-0.4, -0.2) is 21.9 Å². The van der Waals surface area contributed by atoms with E-state index in [1.807, 2.05) is 31.2 Å². The molecule has 1 aliphatic rings. The minimum absolute atomic E-state index is 0.0000146. The van der Waals surface area contributed by atoms with E-state index in [2.05, 4.69) is 31.2 Å². The van der Waals surface area contributed by atoms with Crippen LogP contribution in [0.5, 0.6) is 5.75 Å². The molecule has 2 heterocycles. The van der Waals surface area contributed by atoms with Crippen molar-refractivity contribution in [3.05, 3.63) is 70.0 Å². The lowest BCUT2D eigenvalue weighted by Crippen LogP contribution is -2.23. The summed E-state index contributed by atoms with van der Waals surface area (Å²) in [4.78, 5) is 20.9. The maximum absolute atomic E-state index is 13.9. The zero-order chi connectivity index (χ0) is 20.7. The number of thiophene rings is 1. The van der Waals surface area contributed by atoms with E-state index in [1.54, 1.807) is 27.7 Å². The van der Waals surface area contributed by atoms with Crippen LogP contribution in [0.4, 0.5) is 0 Å². The van der Waals surface area contributed by atoms with E-state index in [1.165, 1.54) is 16.0 Å². The first-order valence-corrected chi connectivity index (χ1v) is 12.0.